The maximum atomic E-state index is 12.0. The van der Waals surface area contributed by atoms with Crippen LogP contribution in [-0.2, 0) is 16.3 Å². The molecule has 0 aromatic heterocycles. The van der Waals surface area contributed by atoms with E-state index in [-0.39, 0.29) is 5.78 Å². The van der Waals surface area contributed by atoms with Gasteiger partial charge < -0.3 is 0 Å². The second kappa shape index (κ2) is 5.87. The monoisotopic (exact) mass is 282 g/mol. The van der Waals surface area contributed by atoms with E-state index in [1.165, 1.54) is 0 Å². The summed E-state index contributed by atoms with van der Waals surface area (Å²) in [5.41, 5.74) is 1.63. The first-order valence-electron chi connectivity index (χ1n) is 6.52. The molecule has 0 saturated carbocycles. The number of aryl methyl sites for hydroxylation is 1. The highest BCUT2D eigenvalue weighted by atomic mass is 32.2. The van der Waals surface area contributed by atoms with Gasteiger partial charge in [-0.25, -0.2) is 8.42 Å². The van der Waals surface area contributed by atoms with Crippen molar-refractivity contribution in [3.8, 4) is 0 Å². The number of carbonyl (C=O) groups is 1. The van der Waals surface area contributed by atoms with Crippen molar-refractivity contribution >= 4 is 15.6 Å². The van der Waals surface area contributed by atoms with Crippen LogP contribution in [0, 0.1) is 0 Å². The van der Waals surface area contributed by atoms with Crippen molar-refractivity contribution in [2.75, 3.05) is 5.75 Å². The third-order valence-electron chi connectivity index (χ3n) is 3.07. The molecular weight excluding hydrogens is 260 g/mol. The third-order valence-corrected chi connectivity index (χ3v) is 5.58. The van der Waals surface area contributed by atoms with Crippen molar-refractivity contribution in [1.29, 1.82) is 0 Å². The van der Waals surface area contributed by atoms with Crippen LogP contribution in [0.2, 0.25) is 0 Å². The van der Waals surface area contributed by atoms with E-state index in [0.29, 0.717) is 5.56 Å². The zero-order chi connectivity index (χ0) is 14.7. The first-order chi connectivity index (χ1) is 8.67. The average molecular weight is 282 g/mol. The molecule has 0 atom stereocenters. The summed E-state index contributed by atoms with van der Waals surface area (Å²) in [5, 5.41) is 0. The summed E-state index contributed by atoms with van der Waals surface area (Å²) in [6, 6.07) is 7.21. The smallest absolute Gasteiger partial charge is 0.177 e. The van der Waals surface area contributed by atoms with E-state index in [4.69, 9.17) is 0 Å². The van der Waals surface area contributed by atoms with Crippen LogP contribution in [0.3, 0.4) is 0 Å². The molecule has 1 aromatic carbocycles. The summed E-state index contributed by atoms with van der Waals surface area (Å²) in [6.07, 6.45) is 2.01. The first kappa shape index (κ1) is 15.9. The maximum Gasteiger partial charge on any atom is 0.177 e. The van der Waals surface area contributed by atoms with E-state index in [0.717, 1.165) is 18.4 Å². The minimum atomic E-state index is -3.42. The molecule has 0 heterocycles. The molecule has 0 amide bonds. The highest BCUT2D eigenvalue weighted by Crippen LogP contribution is 2.17. The summed E-state index contributed by atoms with van der Waals surface area (Å²) in [4.78, 5) is 12.0. The van der Waals surface area contributed by atoms with Crippen molar-refractivity contribution in [2.45, 2.75) is 45.3 Å². The van der Waals surface area contributed by atoms with Gasteiger partial charge in [0, 0.05) is 5.56 Å². The van der Waals surface area contributed by atoms with Gasteiger partial charge in [0.2, 0.25) is 0 Å². The van der Waals surface area contributed by atoms with Crippen LogP contribution in [0.4, 0.5) is 0 Å². The number of hydrogen-bond acceptors (Lipinski definition) is 3. The Morgan fingerprint density at radius 2 is 1.63 bits per heavy atom. The molecule has 1 aromatic rings. The van der Waals surface area contributed by atoms with E-state index >= 15 is 0 Å². The Labute approximate surface area is 116 Å². The van der Waals surface area contributed by atoms with Gasteiger partial charge in [-0.05, 0) is 32.8 Å². The molecule has 0 bridgehead atoms. The Balaban J connectivity index is 2.85. The van der Waals surface area contributed by atoms with Gasteiger partial charge >= 0.3 is 0 Å². The van der Waals surface area contributed by atoms with Crippen LogP contribution < -0.4 is 0 Å². The van der Waals surface area contributed by atoms with Gasteiger partial charge in [0.05, 0.1) is 4.75 Å². The molecule has 0 saturated heterocycles. The molecule has 0 unspecified atom stereocenters. The van der Waals surface area contributed by atoms with Crippen LogP contribution in [0.15, 0.2) is 24.3 Å². The fraction of sp³-hybridized carbons (Fsp3) is 0.533. The lowest BCUT2D eigenvalue weighted by Crippen LogP contribution is -2.33. The quantitative estimate of drug-likeness (QED) is 0.780. The lowest BCUT2D eigenvalue weighted by Gasteiger charge is -2.18. The Hall–Kier alpha value is -1.16. The highest BCUT2D eigenvalue weighted by Gasteiger charge is 2.31. The normalized spacial score (nSPS) is 12.4. The number of benzene rings is 1. The number of rotatable bonds is 5. The number of sulfone groups is 1. The standard InChI is InChI=1S/C15H22O3S/c1-5-6-12-7-9-13(10-8-12)14(16)11-19(17,18)15(2,3)4/h7-10H,5-6,11H2,1-4H3. The van der Waals surface area contributed by atoms with E-state index in [2.05, 4.69) is 6.92 Å². The topological polar surface area (TPSA) is 51.2 Å². The summed E-state index contributed by atoms with van der Waals surface area (Å²) in [6.45, 7) is 6.93. The van der Waals surface area contributed by atoms with Crippen molar-refractivity contribution in [1.82, 2.24) is 0 Å². The third kappa shape index (κ3) is 4.16. The van der Waals surface area contributed by atoms with Crippen molar-refractivity contribution in [3.63, 3.8) is 0 Å². The van der Waals surface area contributed by atoms with Crippen LogP contribution in [0.1, 0.15) is 50.0 Å². The maximum absolute atomic E-state index is 12.0. The molecule has 3 nitrogen and oxygen atoms in total. The minimum Gasteiger partial charge on any atom is -0.293 e. The lowest BCUT2D eigenvalue weighted by atomic mass is 10.1. The SMILES string of the molecule is CCCc1ccc(C(=O)CS(=O)(=O)C(C)(C)C)cc1. The molecule has 106 valence electrons. The Morgan fingerprint density at radius 1 is 1.11 bits per heavy atom. The molecule has 0 aliphatic carbocycles. The van der Waals surface area contributed by atoms with Gasteiger partial charge in [-0.15, -0.1) is 0 Å². The van der Waals surface area contributed by atoms with Crippen LogP contribution in [0.25, 0.3) is 0 Å². The van der Waals surface area contributed by atoms with Crippen LogP contribution in [0.5, 0.6) is 0 Å². The van der Waals surface area contributed by atoms with Crippen LogP contribution in [-0.4, -0.2) is 24.7 Å². The predicted octanol–water partition coefficient (Wildman–Crippen LogP) is 3.04. The zero-order valence-corrected chi connectivity index (χ0v) is 12.9. The second-order valence-corrected chi connectivity index (χ2v) is 8.48. The molecule has 0 aliphatic heterocycles. The van der Waals surface area contributed by atoms with Gasteiger partial charge in [-0.1, -0.05) is 37.6 Å². The number of Topliss-reactive ketones (excluding diaryl/α,β-unsaturated/α-hetero) is 1. The van der Waals surface area contributed by atoms with Crippen molar-refractivity contribution < 1.29 is 13.2 Å². The fourth-order valence-electron chi connectivity index (χ4n) is 1.62. The van der Waals surface area contributed by atoms with E-state index < -0.39 is 20.3 Å². The van der Waals surface area contributed by atoms with Gasteiger partial charge in [0.1, 0.15) is 5.75 Å². The number of ketones is 1. The van der Waals surface area contributed by atoms with Crippen molar-refractivity contribution in [3.05, 3.63) is 35.4 Å². The largest absolute Gasteiger partial charge is 0.293 e. The Kier molecular flexibility index (Phi) is 4.91. The molecule has 0 aliphatic rings. The molecule has 0 N–H and O–H groups in total. The van der Waals surface area contributed by atoms with Gasteiger partial charge in [0.15, 0.2) is 15.6 Å². The lowest BCUT2D eigenvalue weighted by molar-refractivity contribution is 0.102. The van der Waals surface area contributed by atoms with Gasteiger partial charge in [0.25, 0.3) is 0 Å². The summed E-state index contributed by atoms with van der Waals surface area (Å²) < 4.78 is 23.1. The second-order valence-electron chi connectivity index (χ2n) is 5.74. The predicted molar refractivity (Wildman–Crippen MR) is 78.3 cm³/mol. The van der Waals surface area contributed by atoms with E-state index in [1.54, 1.807) is 32.9 Å². The molecule has 0 spiro atoms. The van der Waals surface area contributed by atoms with Gasteiger partial charge in [-0.3, -0.25) is 4.79 Å². The fourth-order valence-corrected chi connectivity index (χ4v) is 2.56. The molecule has 0 radical (unpaired) electrons. The Bertz CT molecular complexity index is 534. The summed E-state index contributed by atoms with van der Waals surface area (Å²) in [7, 11) is -3.42. The number of hydrogen-bond donors (Lipinski definition) is 0. The molecule has 0 fully saturated rings. The first-order valence-corrected chi connectivity index (χ1v) is 8.17. The van der Waals surface area contributed by atoms with Gasteiger partial charge in [-0.2, -0.15) is 0 Å². The van der Waals surface area contributed by atoms with Crippen molar-refractivity contribution in [2.24, 2.45) is 0 Å². The minimum absolute atomic E-state index is 0.335. The summed E-state index contributed by atoms with van der Waals surface area (Å²) >= 11 is 0. The molecule has 4 heteroatoms. The molecular formula is C15H22O3S. The zero-order valence-electron chi connectivity index (χ0n) is 12.1. The van der Waals surface area contributed by atoms with E-state index in [1.807, 2.05) is 12.1 Å². The Morgan fingerprint density at radius 3 is 2.05 bits per heavy atom. The summed E-state index contributed by atoms with van der Waals surface area (Å²) in [5.74, 6) is -0.762. The molecule has 19 heavy (non-hydrogen) atoms. The molecule has 1 rings (SSSR count). The average Bonchev–Trinajstić information content (AvgIpc) is 2.28. The highest BCUT2D eigenvalue weighted by molar-refractivity contribution is 7.93. The van der Waals surface area contributed by atoms with Crippen LogP contribution >= 0.6 is 0 Å². The van der Waals surface area contributed by atoms with E-state index in [9.17, 15) is 13.2 Å². The number of carbonyl (C=O) groups excluding carboxylic acids is 1.